The van der Waals surface area contributed by atoms with Crippen molar-refractivity contribution in [3.63, 3.8) is 0 Å². The van der Waals surface area contributed by atoms with E-state index in [1.807, 2.05) is 49.4 Å². The Morgan fingerprint density at radius 1 is 1.15 bits per heavy atom. The van der Waals surface area contributed by atoms with E-state index in [9.17, 15) is 9.59 Å². The lowest BCUT2D eigenvalue weighted by Gasteiger charge is -2.25. The fourth-order valence-corrected chi connectivity index (χ4v) is 5.20. The first-order valence-electron chi connectivity index (χ1n) is 10.6. The van der Waals surface area contributed by atoms with Crippen LogP contribution in [0.4, 0.5) is 0 Å². The summed E-state index contributed by atoms with van der Waals surface area (Å²) in [6, 6.07) is 13.7. The molecule has 2 amide bonds. The molecular weight excluding hydrogens is 458 g/mol. The molecule has 1 atom stereocenters. The molecule has 0 bridgehead atoms. The quantitative estimate of drug-likeness (QED) is 0.455. The van der Waals surface area contributed by atoms with Crippen molar-refractivity contribution >= 4 is 34.9 Å². The van der Waals surface area contributed by atoms with Crippen LogP contribution in [0.5, 0.6) is 0 Å². The molecule has 3 aromatic rings. The summed E-state index contributed by atoms with van der Waals surface area (Å²) in [5.41, 5.74) is 1.99. The number of hydrogen-bond acceptors (Lipinski definition) is 8. The monoisotopic (exact) mass is 483 g/mol. The third kappa shape index (κ3) is 6.83. The van der Waals surface area contributed by atoms with E-state index in [0.29, 0.717) is 26.2 Å². The second kappa shape index (κ2) is 11.4. The number of aryl methyl sites for hydroxylation is 1. The van der Waals surface area contributed by atoms with Crippen molar-refractivity contribution < 1.29 is 14.3 Å². The molecule has 4 rings (SSSR count). The van der Waals surface area contributed by atoms with Crippen LogP contribution in [-0.2, 0) is 27.5 Å². The summed E-state index contributed by atoms with van der Waals surface area (Å²) in [4.78, 5) is 33.5. The third-order valence-electron chi connectivity index (χ3n) is 5.13. The molecule has 0 aliphatic carbocycles. The van der Waals surface area contributed by atoms with Gasteiger partial charge in [0.25, 0.3) is 0 Å². The standard InChI is InChI=1S/C23H25N5O3S2/c1-17-25-26-23(33-17)32-16-22(30)28-13-20(31-15-18-6-3-2-4-7-18)12-27(21(29)14-28)11-19-8-5-9-24-10-19/h2-10,20H,11-16H2,1H3. The molecule has 172 valence electrons. The van der Waals surface area contributed by atoms with Gasteiger partial charge < -0.3 is 14.5 Å². The minimum atomic E-state index is -0.300. The van der Waals surface area contributed by atoms with E-state index in [1.54, 1.807) is 22.2 Å². The van der Waals surface area contributed by atoms with E-state index in [2.05, 4.69) is 15.2 Å². The highest BCUT2D eigenvalue weighted by molar-refractivity contribution is 8.01. The molecule has 33 heavy (non-hydrogen) atoms. The molecule has 8 nitrogen and oxygen atoms in total. The molecule has 10 heteroatoms. The molecule has 3 heterocycles. The Hall–Kier alpha value is -2.82. The number of aromatic nitrogens is 3. The minimum Gasteiger partial charge on any atom is -0.370 e. The Morgan fingerprint density at radius 3 is 2.70 bits per heavy atom. The lowest BCUT2D eigenvalue weighted by Crippen LogP contribution is -2.40. The number of carbonyl (C=O) groups is 2. The predicted molar refractivity (Wildman–Crippen MR) is 127 cm³/mol. The van der Waals surface area contributed by atoms with Gasteiger partial charge >= 0.3 is 0 Å². The van der Waals surface area contributed by atoms with Crippen molar-refractivity contribution in [3.8, 4) is 0 Å². The number of rotatable bonds is 8. The Balaban J connectivity index is 1.44. The first kappa shape index (κ1) is 23.3. The van der Waals surface area contributed by atoms with E-state index in [4.69, 9.17) is 4.74 Å². The summed E-state index contributed by atoms with van der Waals surface area (Å²) < 4.78 is 6.93. The number of nitrogens with zero attached hydrogens (tertiary/aromatic N) is 5. The van der Waals surface area contributed by atoms with Crippen LogP contribution in [-0.4, -0.2) is 68.3 Å². The maximum atomic E-state index is 13.1. The Morgan fingerprint density at radius 2 is 1.97 bits per heavy atom. The maximum Gasteiger partial charge on any atom is 0.242 e. The lowest BCUT2D eigenvalue weighted by molar-refractivity contribution is -0.137. The fraction of sp³-hybridized carbons (Fsp3) is 0.348. The summed E-state index contributed by atoms with van der Waals surface area (Å²) in [7, 11) is 0. The number of carbonyl (C=O) groups excluding carboxylic acids is 2. The van der Waals surface area contributed by atoms with Crippen LogP contribution in [0.1, 0.15) is 16.1 Å². The molecule has 1 saturated heterocycles. The highest BCUT2D eigenvalue weighted by Gasteiger charge is 2.31. The van der Waals surface area contributed by atoms with Gasteiger partial charge in [0, 0.05) is 32.0 Å². The summed E-state index contributed by atoms with van der Waals surface area (Å²) >= 11 is 2.80. The zero-order valence-electron chi connectivity index (χ0n) is 18.3. The van der Waals surface area contributed by atoms with Crippen LogP contribution < -0.4 is 0 Å². The van der Waals surface area contributed by atoms with Crippen LogP contribution in [0.25, 0.3) is 0 Å². The van der Waals surface area contributed by atoms with Gasteiger partial charge in [-0.05, 0) is 24.1 Å². The van der Waals surface area contributed by atoms with Gasteiger partial charge in [-0.1, -0.05) is 59.5 Å². The molecule has 0 saturated carbocycles. The second-order valence-corrected chi connectivity index (χ2v) is 10.1. The normalized spacial score (nSPS) is 16.6. The molecule has 0 N–H and O–H groups in total. The van der Waals surface area contributed by atoms with E-state index in [-0.39, 0.29) is 30.2 Å². The smallest absolute Gasteiger partial charge is 0.242 e. The van der Waals surface area contributed by atoms with Crippen molar-refractivity contribution in [2.75, 3.05) is 25.4 Å². The van der Waals surface area contributed by atoms with Gasteiger partial charge in [-0.25, -0.2) is 0 Å². The highest BCUT2D eigenvalue weighted by atomic mass is 32.2. The van der Waals surface area contributed by atoms with Gasteiger partial charge in [-0.2, -0.15) is 0 Å². The summed E-state index contributed by atoms with van der Waals surface area (Å²) in [6.45, 7) is 3.52. The zero-order chi connectivity index (χ0) is 23.0. The lowest BCUT2D eigenvalue weighted by atomic mass is 10.2. The van der Waals surface area contributed by atoms with Gasteiger partial charge in [-0.15, -0.1) is 10.2 Å². The second-order valence-electron chi connectivity index (χ2n) is 7.70. The van der Waals surface area contributed by atoms with Crippen LogP contribution in [0.3, 0.4) is 0 Å². The largest absolute Gasteiger partial charge is 0.370 e. The number of thioether (sulfide) groups is 1. The molecule has 1 aliphatic rings. The first-order valence-corrected chi connectivity index (χ1v) is 12.4. The third-order valence-corrected chi connectivity index (χ3v) is 7.09. The van der Waals surface area contributed by atoms with E-state index in [1.165, 1.54) is 23.1 Å². The van der Waals surface area contributed by atoms with Crippen molar-refractivity contribution in [1.29, 1.82) is 0 Å². The van der Waals surface area contributed by atoms with Gasteiger partial charge in [-0.3, -0.25) is 14.6 Å². The van der Waals surface area contributed by atoms with Crippen LogP contribution in [0, 0.1) is 6.92 Å². The van der Waals surface area contributed by atoms with Crippen molar-refractivity contribution in [2.45, 2.75) is 30.5 Å². The maximum absolute atomic E-state index is 13.1. The molecule has 0 radical (unpaired) electrons. The number of benzene rings is 1. The van der Waals surface area contributed by atoms with Crippen LogP contribution in [0.2, 0.25) is 0 Å². The minimum absolute atomic E-state index is 0.0278. The molecule has 1 aliphatic heterocycles. The fourth-order valence-electron chi connectivity index (χ4n) is 3.48. The van der Waals surface area contributed by atoms with E-state index >= 15 is 0 Å². The SMILES string of the molecule is Cc1nnc(SCC(=O)N2CC(=O)N(Cc3cccnc3)CC(OCc3ccccc3)C2)s1. The number of pyridine rings is 1. The summed E-state index contributed by atoms with van der Waals surface area (Å²) in [5, 5.41) is 8.90. The van der Waals surface area contributed by atoms with Gasteiger partial charge in [0.1, 0.15) is 5.01 Å². The van der Waals surface area contributed by atoms with Crippen molar-refractivity contribution in [1.82, 2.24) is 25.0 Å². The van der Waals surface area contributed by atoms with E-state index < -0.39 is 0 Å². The molecule has 0 spiro atoms. The Labute approximate surface area is 201 Å². The van der Waals surface area contributed by atoms with Crippen LogP contribution in [0.15, 0.2) is 59.2 Å². The van der Waals surface area contributed by atoms with Gasteiger partial charge in [0.05, 0.1) is 25.0 Å². The Bertz CT molecular complexity index is 1060. The Kier molecular flexibility index (Phi) is 8.03. The molecule has 1 aromatic carbocycles. The molecule has 1 fully saturated rings. The number of amides is 2. The first-order chi connectivity index (χ1) is 16.1. The van der Waals surface area contributed by atoms with Crippen molar-refractivity contribution in [3.05, 3.63) is 71.0 Å². The average molecular weight is 484 g/mol. The van der Waals surface area contributed by atoms with Gasteiger partial charge in [0.15, 0.2) is 4.34 Å². The molecular formula is C23H25N5O3S2. The topological polar surface area (TPSA) is 88.5 Å². The summed E-state index contributed by atoms with van der Waals surface area (Å²) in [6.07, 6.45) is 3.16. The van der Waals surface area contributed by atoms with Crippen LogP contribution >= 0.6 is 23.1 Å². The number of hydrogen-bond donors (Lipinski definition) is 0. The predicted octanol–water partition coefficient (Wildman–Crippen LogP) is 2.79. The van der Waals surface area contributed by atoms with E-state index in [0.717, 1.165) is 20.5 Å². The summed E-state index contributed by atoms with van der Waals surface area (Å²) in [5.74, 6) is -0.0110. The van der Waals surface area contributed by atoms with Gasteiger partial charge in [0.2, 0.25) is 11.8 Å². The average Bonchev–Trinajstić information content (AvgIpc) is 3.19. The molecule has 2 aromatic heterocycles. The van der Waals surface area contributed by atoms with Crippen molar-refractivity contribution in [2.24, 2.45) is 0 Å². The molecule has 1 unspecified atom stereocenters. The number of ether oxygens (including phenoxy) is 1. The highest BCUT2D eigenvalue weighted by Crippen LogP contribution is 2.23. The zero-order valence-corrected chi connectivity index (χ0v) is 19.9.